The van der Waals surface area contributed by atoms with E-state index in [2.05, 4.69) is 9.88 Å². The highest BCUT2D eigenvalue weighted by molar-refractivity contribution is 8.00. The number of likely N-dealkylation sites (N-methyl/N-ethyl adjacent to an activating group) is 1. The van der Waals surface area contributed by atoms with Crippen molar-refractivity contribution in [2.24, 2.45) is 29.6 Å². The number of thioether (sulfide) groups is 1. The van der Waals surface area contributed by atoms with Gasteiger partial charge in [0.05, 0.1) is 41.1 Å². The number of carbonyl (C=O) groups excluding carboxylic acids is 4. The molecule has 0 radical (unpaired) electrons. The fourth-order valence-corrected chi connectivity index (χ4v) is 13.2. The van der Waals surface area contributed by atoms with Gasteiger partial charge in [0, 0.05) is 85.4 Å². The Morgan fingerprint density at radius 3 is 2.21 bits per heavy atom. The maximum Gasteiger partial charge on any atom is 0.320 e. The third kappa shape index (κ3) is 12.1. The molecule has 18 heteroatoms. The summed E-state index contributed by atoms with van der Waals surface area (Å²) in [6.45, 7) is 14.7. The molecule has 0 bridgehead atoms. The monoisotopic (exact) mass is 1040 g/mol. The molecule has 1 aromatic carbocycles. The van der Waals surface area contributed by atoms with Crippen molar-refractivity contribution in [3.05, 3.63) is 46.2 Å². The third-order valence-corrected chi connectivity index (χ3v) is 17.3. The summed E-state index contributed by atoms with van der Waals surface area (Å²) in [5.41, 5.74) is -1.28. The lowest BCUT2D eigenvalue weighted by molar-refractivity contribution is -0.295. The number of ether oxygens (including phenoxy) is 7. The summed E-state index contributed by atoms with van der Waals surface area (Å²) in [7, 11) is 6.84. The standard InChI is InChI=1S/C52H75Cl2N3O12S/c1-13-41-52(8)42(30(4)43(58)28(2)24-51(7,64-12)47(31(5)44(59)32(6)48(61)67-41)68-50-45(60)38(56(9)10)22-29(3)65-50)46(49(62)69-52)70-21-20-57(27-35-36(53)25-55-26-37(35)54)33-18-19-39(63-11)40(23-33)66-34-16-14-15-17-34/h18-19,23,25-26,28-32,34,38,41-42,45-47,50,60H,13-17,20-22,24,27H2,1-12H3/t28-,29-,30-,31+,32-,38+,41-,42+,45-,46+,47-,50+,51-,52-/m1/s1. The van der Waals surface area contributed by atoms with Gasteiger partial charge in [-0.2, -0.15) is 0 Å². The second kappa shape index (κ2) is 23.8. The minimum atomic E-state index is -1.45. The largest absolute Gasteiger partial charge is 0.493 e. The summed E-state index contributed by atoms with van der Waals surface area (Å²) in [4.78, 5) is 66.4. The maximum absolute atomic E-state index is 15.1. The molecule has 0 unspecified atom stereocenters. The molecule has 15 nitrogen and oxygen atoms in total. The van der Waals surface area contributed by atoms with Gasteiger partial charge in [0.15, 0.2) is 29.2 Å². The van der Waals surface area contributed by atoms with Gasteiger partial charge in [-0.25, -0.2) is 0 Å². The lowest BCUT2D eigenvalue weighted by Gasteiger charge is -2.47. The van der Waals surface area contributed by atoms with Crippen LogP contribution in [0.25, 0.3) is 0 Å². The highest BCUT2D eigenvalue weighted by atomic mass is 35.5. The molecule has 4 aliphatic rings. The smallest absolute Gasteiger partial charge is 0.320 e. The Labute approximate surface area is 428 Å². The van der Waals surface area contributed by atoms with Crippen molar-refractivity contribution < 1.29 is 57.4 Å². The van der Waals surface area contributed by atoms with Gasteiger partial charge in [0.25, 0.3) is 0 Å². The van der Waals surface area contributed by atoms with E-state index in [1.54, 1.807) is 40.3 Å². The molecule has 0 amide bonds. The molecule has 1 N–H and O–H groups in total. The highest BCUT2D eigenvalue weighted by Crippen LogP contribution is 2.49. The van der Waals surface area contributed by atoms with E-state index < -0.39 is 88.4 Å². The first-order valence-electron chi connectivity index (χ1n) is 24.8. The van der Waals surface area contributed by atoms with Gasteiger partial charge in [-0.05, 0) is 98.9 Å². The quantitative estimate of drug-likeness (QED) is 0.133. The molecule has 6 rings (SSSR count). The van der Waals surface area contributed by atoms with Crippen LogP contribution in [-0.4, -0.2) is 138 Å². The number of aromatic nitrogens is 1. The topological polar surface area (TPSA) is 172 Å². The number of methoxy groups -OCH3 is 2. The van der Waals surface area contributed by atoms with Crippen molar-refractivity contribution >= 4 is 64.2 Å². The number of carbonyl (C=O) groups is 4. The number of fused-ring (bicyclic) bond motifs is 1. The van der Waals surface area contributed by atoms with Gasteiger partial charge in [0.1, 0.15) is 29.2 Å². The van der Waals surface area contributed by atoms with Crippen LogP contribution in [-0.2, 0) is 49.4 Å². The number of ketones is 2. The van der Waals surface area contributed by atoms with Crippen molar-refractivity contribution in [1.29, 1.82) is 0 Å². The fraction of sp³-hybridized carbons (Fsp3) is 0.712. The first-order valence-corrected chi connectivity index (χ1v) is 26.6. The second-order valence-electron chi connectivity index (χ2n) is 20.5. The summed E-state index contributed by atoms with van der Waals surface area (Å²) in [6, 6.07) is 5.46. The van der Waals surface area contributed by atoms with Gasteiger partial charge in [-0.1, -0.05) is 50.9 Å². The predicted octanol–water partition coefficient (Wildman–Crippen LogP) is 8.38. The summed E-state index contributed by atoms with van der Waals surface area (Å²) >= 11 is 14.8. The van der Waals surface area contributed by atoms with Crippen molar-refractivity contribution in [2.75, 3.05) is 45.5 Å². The number of aliphatic hydroxyl groups is 1. The molecular weight excluding hydrogens is 962 g/mol. The lowest BCUT2D eigenvalue weighted by Crippen LogP contribution is -2.59. The Morgan fingerprint density at radius 1 is 0.929 bits per heavy atom. The minimum absolute atomic E-state index is 0.0777. The van der Waals surface area contributed by atoms with E-state index in [0.717, 1.165) is 31.4 Å². The zero-order chi connectivity index (χ0) is 51.4. The van der Waals surface area contributed by atoms with Crippen LogP contribution in [0.15, 0.2) is 30.6 Å². The van der Waals surface area contributed by atoms with Crippen LogP contribution in [0.4, 0.5) is 5.69 Å². The molecule has 390 valence electrons. The van der Waals surface area contributed by atoms with E-state index in [-0.39, 0.29) is 36.9 Å². The van der Waals surface area contributed by atoms with Crippen LogP contribution in [0.1, 0.15) is 106 Å². The number of nitrogens with zero attached hydrogens (tertiary/aromatic N) is 3. The van der Waals surface area contributed by atoms with Crippen LogP contribution in [0, 0.1) is 29.6 Å². The Balaban J connectivity index is 1.33. The summed E-state index contributed by atoms with van der Waals surface area (Å²) in [5.74, 6) is -4.85. The first kappa shape index (κ1) is 56.1. The van der Waals surface area contributed by atoms with Gasteiger partial charge < -0.3 is 48.1 Å². The number of anilines is 1. The SMILES string of the molecule is CC[C@H]1OC(=O)[C@H](C)C(=O)[C@H](C)[C@@H](O[C@@H]2O[C@H](C)C[C@H](N(C)C)[C@H]2O)[C@](C)(OC)C[C@@H](C)C(=O)[C@H](C)[C@H]2[C@H](SCCN(Cc3c(Cl)cncc3Cl)c3ccc(OC)c(OC4CCCC4)c3)C(=O)O[C@@]21C. The predicted molar refractivity (Wildman–Crippen MR) is 270 cm³/mol. The van der Waals surface area contributed by atoms with Crippen LogP contribution >= 0.6 is 35.0 Å². The minimum Gasteiger partial charge on any atom is -0.493 e. The van der Waals surface area contributed by atoms with Gasteiger partial charge in [-0.3, -0.25) is 24.2 Å². The summed E-state index contributed by atoms with van der Waals surface area (Å²) in [5, 5.41) is 11.5. The molecule has 1 saturated carbocycles. The molecular formula is C52H75Cl2N3O12S. The van der Waals surface area contributed by atoms with E-state index in [9.17, 15) is 19.5 Å². The molecule has 4 fully saturated rings. The normalized spacial score (nSPS) is 34.7. The fourth-order valence-electron chi connectivity index (χ4n) is 11.3. The number of hydrogen-bond donors (Lipinski definition) is 1. The van der Waals surface area contributed by atoms with E-state index in [4.69, 9.17) is 56.4 Å². The molecule has 1 aliphatic carbocycles. The van der Waals surface area contributed by atoms with Crippen molar-refractivity contribution in [3.63, 3.8) is 0 Å². The number of halogens is 2. The van der Waals surface area contributed by atoms with Crippen LogP contribution in [0.2, 0.25) is 10.0 Å². The Morgan fingerprint density at radius 2 is 1.60 bits per heavy atom. The average Bonchev–Trinajstić information content (AvgIpc) is 3.93. The van der Waals surface area contributed by atoms with Crippen molar-refractivity contribution in [2.45, 2.75) is 166 Å². The molecule has 0 spiro atoms. The van der Waals surface area contributed by atoms with Crippen LogP contribution in [0.3, 0.4) is 0 Å². The number of hydrogen-bond acceptors (Lipinski definition) is 16. The number of cyclic esters (lactones) is 1. The zero-order valence-corrected chi connectivity index (χ0v) is 45.2. The van der Waals surface area contributed by atoms with Crippen molar-refractivity contribution in [1.82, 2.24) is 9.88 Å². The number of benzene rings is 1. The summed E-state index contributed by atoms with van der Waals surface area (Å²) < 4.78 is 43.9. The molecule has 3 aliphatic heterocycles. The average molecular weight is 1040 g/mol. The molecule has 2 aromatic rings. The van der Waals surface area contributed by atoms with Gasteiger partial charge in [-0.15, -0.1) is 11.8 Å². The molecule has 4 heterocycles. The Hall–Kier alpha value is -3.22. The van der Waals surface area contributed by atoms with E-state index in [1.807, 2.05) is 64.9 Å². The number of aliphatic hydroxyl groups excluding tert-OH is 1. The van der Waals surface area contributed by atoms with Crippen molar-refractivity contribution in [3.8, 4) is 11.5 Å². The Kier molecular flexibility index (Phi) is 19.0. The van der Waals surface area contributed by atoms with E-state index >= 15 is 4.79 Å². The number of pyridine rings is 1. The van der Waals surface area contributed by atoms with Crippen LogP contribution in [0.5, 0.6) is 11.5 Å². The Bertz CT molecular complexity index is 2150. The van der Waals surface area contributed by atoms with Crippen LogP contribution < -0.4 is 14.4 Å². The number of Topliss-reactive ketones (excluding diaryl/α,β-unsaturated/α-hetero) is 2. The zero-order valence-electron chi connectivity index (χ0n) is 42.9. The maximum atomic E-state index is 15.1. The highest BCUT2D eigenvalue weighted by Gasteiger charge is 2.61. The van der Waals surface area contributed by atoms with Gasteiger partial charge in [0.2, 0.25) is 0 Å². The third-order valence-electron chi connectivity index (χ3n) is 15.4. The first-order chi connectivity index (χ1) is 33.1. The molecule has 14 atom stereocenters. The molecule has 3 saturated heterocycles. The van der Waals surface area contributed by atoms with E-state index in [1.165, 1.54) is 25.8 Å². The summed E-state index contributed by atoms with van der Waals surface area (Å²) in [6.07, 6.45) is 3.58. The number of esters is 2. The number of rotatable bonds is 15. The van der Waals surface area contributed by atoms with E-state index in [0.29, 0.717) is 52.4 Å². The lowest BCUT2D eigenvalue weighted by atomic mass is 9.70. The second-order valence-corrected chi connectivity index (χ2v) is 22.5. The van der Waals surface area contributed by atoms with Gasteiger partial charge >= 0.3 is 11.9 Å². The molecule has 1 aromatic heterocycles. The molecule has 70 heavy (non-hydrogen) atoms.